The molecule has 8 nitrogen and oxygen atoms in total. The fraction of sp³-hybridized carbons (Fsp3) is 0.118. The van der Waals surface area contributed by atoms with Gasteiger partial charge in [-0.05, 0) is 48.5 Å². The first-order valence-corrected chi connectivity index (χ1v) is 9.84. The number of anilines is 1. The maximum atomic E-state index is 12.4. The van der Waals surface area contributed by atoms with Gasteiger partial charge in [0.15, 0.2) is 5.82 Å². The minimum Gasteiger partial charge on any atom is -0.280 e. The van der Waals surface area contributed by atoms with Crippen molar-refractivity contribution in [3.05, 3.63) is 59.9 Å². The van der Waals surface area contributed by atoms with Crippen LogP contribution in [0.4, 0.5) is 5.69 Å². The van der Waals surface area contributed by atoms with Crippen LogP contribution in [0.15, 0.2) is 59.8 Å². The molecule has 140 valence electrons. The summed E-state index contributed by atoms with van der Waals surface area (Å²) in [7, 11) is -3.72. The van der Waals surface area contributed by atoms with E-state index in [-0.39, 0.29) is 10.8 Å². The molecule has 2 N–H and O–H groups in total. The zero-order valence-corrected chi connectivity index (χ0v) is 15.8. The molecule has 0 bridgehead atoms. The highest BCUT2D eigenvalue weighted by molar-refractivity contribution is 7.92. The predicted octanol–water partition coefficient (Wildman–Crippen LogP) is 2.88. The Morgan fingerprint density at radius 1 is 1.11 bits per heavy atom. The van der Waals surface area contributed by atoms with Gasteiger partial charge in [-0.1, -0.05) is 18.5 Å². The molecule has 27 heavy (non-hydrogen) atoms. The molecule has 0 unspecified atom stereocenters. The maximum absolute atomic E-state index is 12.4. The first-order chi connectivity index (χ1) is 12.9. The molecular formula is C17H16ClN5O3S. The first kappa shape index (κ1) is 18.9. The van der Waals surface area contributed by atoms with Crippen molar-refractivity contribution in [3.63, 3.8) is 0 Å². The van der Waals surface area contributed by atoms with Crippen molar-refractivity contribution in [2.75, 3.05) is 10.1 Å². The van der Waals surface area contributed by atoms with E-state index < -0.39 is 10.0 Å². The minimum atomic E-state index is -3.72. The molecule has 0 aliphatic rings. The highest BCUT2D eigenvalue weighted by Crippen LogP contribution is 2.22. The molecule has 3 rings (SSSR count). The number of hydrogen-bond acceptors (Lipinski definition) is 5. The van der Waals surface area contributed by atoms with Crippen molar-refractivity contribution < 1.29 is 13.2 Å². The zero-order valence-electron chi connectivity index (χ0n) is 14.3. The van der Waals surface area contributed by atoms with Crippen molar-refractivity contribution in [1.82, 2.24) is 14.9 Å². The maximum Gasteiger partial charge on any atom is 0.261 e. The number of carbonyl (C=O) groups excluding carboxylic acids is 1. The second-order valence-electron chi connectivity index (χ2n) is 5.55. The summed E-state index contributed by atoms with van der Waals surface area (Å²) in [4.78, 5) is 11.7. The van der Waals surface area contributed by atoms with E-state index in [1.165, 1.54) is 35.3 Å². The molecule has 0 spiro atoms. The van der Waals surface area contributed by atoms with E-state index in [1.807, 2.05) is 0 Å². The van der Waals surface area contributed by atoms with Gasteiger partial charge < -0.3 is 0 Å². The summed E-state index contributed by atoms with van der Waals surface area (Å²) in [5.41, 5.74) is 3.70. The lowest BCUT2D eigenvalue weighted by Crippen LogP contribution is -2.21. The summed E-state index contributed by atoms with van der Waals surface area (Å²) in [6, 6.07) is 12.4. The first-order valence-electron chi connectivity index (χ1n) is 7.98. The monoisotopic (exact) mass is 405 g/mol. The van der Waals surface area contributed by atoms with Gasteiger partial charge in [0, 0.05) is 22.7 Å². The van der Waals surface area contributed by atoms with Crippen LogP contribution in [0.3, 0.4) is 0 Å². The van der Waals surface area contributed by atoms with Gasteiger partial charge >= 0.3 is 0 Å². The summed E-state index contributed by atoms with van der Waals surface area (Å²) < 4.78 is 28.7. The quantitative estimate of drug-likeness (QED) is 0.655. The number of nitrogens with zero attached hydrogens (tertiary/aromatic N) is 3. The molecular weight excluding hydrogens is 390 g/mol. The average Bonchev–Trinajstić information content (AvgIpc) is 3.10. The number of amides is 1. The van der Waals surface area contributed by atoms with Gasteiger partial charge in [0.1, 0.15) is 6.33 Å². The standard InChI is InChI=1S/C17H16ClN5O3S/c1-2-16(24)21-23-11-19-20-17(23)12-3-7-14(8-4-12)22-27(25,26)15-9-5-13(18)6-10-15/h3-11,22H,2H2,1H3,(H,21,24). The summed E-state index contributed by atoms with van der Waals surface area (Å²) in [6.45, 7) is 1.74. The summed E-state index contributed by atoms with van der Waals surface area (Å²) in [6.07, 6.45) is 1.71. The molecule has 0 aliphatic heterocycles. The number of carbonyl (C=O) groups is 1. The number of hydrogen-bond donors (Lipinski definition) is 2. The van der Waals surface area contributed by atoms with Gasteiger partial charge in [0.25, 0.3) is 10.0 Å². The van der Waals surface area contributed by atoms with Gasteiger partial charge in [-0.25, -0.2) is 13.1 Å². The second kappa shape index (κ2) is 7.77. The molecule has 0 saturated carbocycles. The van der Waals surface area contributed by atoms with E-state index in [0.29, 0.717) is 28.5 Å². The van der Waals surface area contributed by atoms with Crippen LogP contribution in [0.1, 0.15) is 13.3 Å². The third kappa shape index (κ3) is 4.44. The number of sulfonamides is 1. The molecule has 3 aromatic rings. The summed E-state index contributed by atoms with van der Waals surface area (Å²) in [5.74, 6) is 0.257. The number of aromatic nitrogens is 3. The van der Waals surface area contributed by atoms with Crippen LogP contribution in [0.5, 0.6) is 0 Å². The molecule has 0 radical (unpaired) electrons. The highest BCUT2D eigenvalue weighted by Gasteiger charge is 2.15. The van der Waals surface area contributed by atoms with E-state index in [4.69, 9.17) is 11.6 Å². The Hall–Kier alpha value is -2.91. The highest BCUT2D eigenvalue weighted by atomic mass is 35.5. The molecule has 1 heterocycles. The third-order valence-electron chi connectivity index (χ3n) is 3.63. The van der Waals surface area contributed by atoms with Gasteiger partial charge in [0.05, 0.1) is 4.90 Å². The zero-order chi connectivity index (χ0) is 19.4. The lowest BCUT2D eigenvalue weighted by Gasteiger charge is -2.10. The third-order valence-corrected chi connectivity index (χ3v) is 5.28. The second-order valence-corrected chi connectivity index (χ2v) is 7.67. The van der Waals surface area contributed by atoms with Crippen molar-refractivity contribution in [3.8, 4) is 11.4 Å². The summed E-state index contributed by atoms with van der Waals surface area (Å²) in [5, 5.41) is 8.23. The fourth-order valence-electron chi connectivity index (χ4n) is 2.24. The molecule has 0 aliphatic carbocycles. The topological polar surface area (TPSA) is 106 Å². The fourth-order valence-corrected chi connectivity index (χ4v) is 3.43. The van der Waals surface area contributed by atoms with Gasteiger partial charge in [0.2, 0.25) is 5.91 Å². The molecule has 1 amide bonds. The number of benzene rings is 2. The van der Waals surface area contributed by atoms with Crippen molar-refractivity contribution in [2.45, 2.75) is 18.2 Å². The molecule has 10 heteroatoms. The Balaban J connectivity index is 1.79. The van der Waals surface area contributed by atoms with E-state index in [9.17, 15) is 13.2 Å². The molecule has 1 aromatic heterocycles. The van der Waals surface area contributed by atoms with E-state index >= 15 is 0 Å². The number of nitrogens with one attached hydrogen (secondary N) is 2. The lowest BCUT2D eigenvalue weighted by atomic mass is 10.2. The molecule has 0 fully saturated rings. The Morgan fingerprint density at radius 2 is 1.78 bits per heavy atom. The van der Waals surface area contributed by atoms with Crippen LogP contribution in [0.2, 0.25) is 5.02 Å². The lowest BCUT2D eigenvalue weighted by molar-refractivity contribution is -0.116. The van der Waals surface area contributed by atoms with Crippen LogP contribution in [-0.4, -0.2) is 29.2 Å². The van der Waals surface area contributed by atoms with Crippen LogP contribution in [0, 0.1) is 0 Å². The van der Waals surface area contributed by atoms with E-state index in [2.05, 4.69) is 20.3 Å². The molecule has 0 saturated heterocycles. The minimum absolute atomic E-state index is 0.109. The van der Waals surface area contributed by atoms with Crippen molar-refractivity contribution >= 4 is 33.2 Å². The normalized spacial score (nSPS) is 11.2. The van der Waals surface area contributed by atoms with E-state index in [0.717, 1.165) is 0 Å². The van der Waals surface area contributed by atoms with Gasteiger partial charge in [-0.2, -0.15) is 0 Å². The van der Waals surface area contributed by atoms with Crippen LogP contribution in [-0.2, 0) is 14.8 Å². The Bertz CT molecular complexity index is 1050. The SMILES string of the molecule is CCC(=O)Nn1cnnc1-c1ccc(NS(=O)(=O)c2ccc(Cl)cc2)cc1. The largest absolute Gasteiger partial charge is 0.280 e. The van der Waals surface area contributed by atoms with Crippen molar-refractivity contribution in [1.29, 1.82) is 0 Å². The number of rotatable bonds is 6. The van der Waals surface area contributed by atoms with Gasteiger partial charge in [-0.3, -0.25) is 14.9 Å². The average molecular weight is 406 g/mol. The Labute approximate surface area is 161 Å². The molecule has 0 atom stereocenters. The van der Waals surface area contributed by atoms with E-state index in [1.54, 1.807) is 31.2 Å². The molecule has 2 aromatic carbocycles. The smallest absolute Gasteiger partial charge is 0.261 e. The van der Waals surface area contributed by atoms with Crippen molar-refractivity contribution in [2.24, 2.45) is 0 Å². The van der Waals surface area contributed by atoms with Crippen LogP contribution < -0.4 is 10.1 Å². The predicted molar refractivity (Wildman–Crippen MR) is 102 cm³/mol. The van der Waals surface area contributed by atoms with Gasteiger partial charge in [-0.15, -0.1) is 10.2 Å². The van der Waals surface area contributed by atoms with Crippen LogP contribution >= 0.6 is 11.6 Å². The summed E-state index contributed by atoms with van der Waals surface area (Å²) >= 11 is 5.79. The van der Waals surface area contributed by atoms with Crippen LogP contribution in [0.25, 0.3) is 11.4 Å². The number of halogens is 1. The Kier molecular flexibility index (Phi) is 5.43. The Morgan fingerprint density at radius 3 is 2.41 bits per heavy atom.